The molecule has 3 heterocycles. The van der Waals surface area contributed by atoms with Crippen LogP contribution in [-0.4, -0.2) is 50.4 Å². The highest BCUT2D eigenvalue weighted by Crippen LogP contribution is 2.24. The van der Waals surface area contributed by atoms with Crippen molar-refractivity contribution in [3.8, 4) is 0 Å². The van der Waals surface area contributed by atoms with Gasteiger partial charge in [0.2, 0.25) is 5.91 Å². The Labute approximate surface area is 261 Å². The van der Waals surface area contributed by atoms with Crippen LogP contribution < -0.4 is 21.9 Å². The lowest BCUT2D eigenvalue weighted by Gasteiger charge is -2.16. The first-order chi connectivity index (χ1) is 21.1. The average molecular weight is 617 g/mol. The number of aryl methyl sites for hydroxylation is 3. The third-order valence-electron chi connectivity index (χ3n) is 7.07. The van der Waals surface area contributed by atoms with Crippen molar-refractivity contribution < 1.29 is 9.59 Å². The van der Waals surface area contributed by atoms with Crippen LogP contribution in [0.15, 0.2) is 53.1 Å². The summed E-state index contributed by atoms with van der Waals surface area (Å²) in [4.78, 5) is 44.3. The van der Waals surface area contributed by atoms with Crippen molar-refractivity contribution in [3.05, 3.63) is 86.7 Å². The van der Waals surface area contributed by atoms with Crippen LogP contribution in [0.4, 0.5) is 11.5 Å². The molecule has 6 N–H and O–H groups in total. The number of aromatic nitrogens is 3. The molecule has 4 rings (SSSR count). The van der Waals surface area contributed by atoms with Gasteiger partial charge in [-0.1, -0.05) is 48.8 Å². The van der Waals surface area contributed by atoms with E-state index in [1.807, 2.05) is 38.1 Å². The summed E-state index contributed by atoms with van der Waals surface area (Å²) >= 11 is 0.860. The number of aldehydes is 1. The molecule has 0 saturated heterocycles. The molecule has 1 aliphatic rings. The first-order valence-electron chi connectivity index (χ1n) is 14.4. The zero-order valence-electron chi connectivity index (χ0n) is 25.6. The standard InChI is InChI=1S/C22H30N6O2.C10H10N2OS/c1-4-5-6-15(10-16-12-25-19(23)9-14(16)2)11-27-21(29)18-7-8-20-26-13-17(24-3)22(30)28(18)20;1-7-3-2-4-8(5-7)10(12)14-9(11)6-13/h9-10,12-13,18,24H,4-8,11H2,1-3H3,(H2,23,25)(H,27,29);2-6,11-12H,1H3/b15-10+;. The Bertz CT molecular complexity index is 1620. The second kappa shape index (κ2) is 16.3. The number of rotatable bonds is 10. The van der Waals surface area contributed by atoms with Gasteiger partial charge in [0.05, 0.1) is 6.20 Å². The van der Waals surface area contributed by atoms with Crippen molar-refractivity contribution in [3.63, 3.8) is 0 Å². The second-order valence-corrected chi connectivity index (χ2v) is 11.5. The number of nitrogens with zero attached hydrogens (tertiary/aromatic N) is 3. The number of hydrogen-bond donors (Lipinski definition) is 5. The van der Waals surface area contributed by atoms with Crippen LogP contribution in [0.1, 0.15) is 66.7 Å². The van der Waals surface area contributed by atoms with Crippen LogP contribution in [0.25, 0.3) is 6.08 Å². The average Bonchev–Trinajstić information content (AvgIpc) is 3.45. The highest BCUT2D eigenvalue weighted by atomic mass is 32.2. The lowest BCUT2D eigenvalue weighted by atomic mass is 10.0. The zero-order chi connectivity index (χ0) is 32.2. The van der Waals surface area contributed by atoms with Gasteiger partial charge in [-0.15, -0.1) is 0 Å². The van der Waals surface area contributed by atoms with Gasteiger partial charge in [-0.2, -0.15) is 0 Å². The first-order valence-corrected chi connectivity index (χ1v) is 15.2. The molecule has 232 valence electrons. The van der Waals surface area contributed by atoms with Gasteiger partial charge in [-0.3, -0.25) is 29.8 Å². The minimum absolute atomic E-state index is 0.142. The minimum atomic E-state index is -0.527. The van der Waals surface area contributed by atoms with E-state index in [9.17, 15) is 14.4 Å². The quantitative estimate of drug-likeness (QED) is 0.124. The lowest BCUT2D eigenvalue weighted by molar-refractivity contribution is -0.124. The topological polar surface area (TPSA) is 180 Å². The minimum Gasteiger partial charge on any atom is -0.384 e. The summed E-state index contributed by atoms with van der Waals surface area (Å²) in [6, 6.07) is 8.75. The fourth-order valence-electron chi connectivity index (χ4n) is 4.70. The van der Waals surface area contributed by atoms with Crippen molar-refractivity contribution in [1.82, 2.24) is 19.9 Å². The summed E-state index contributed by atoms with van der Waals surface area (Å²) in [7, 11) is 1.67. The molecule has 0 spiro atoms. The Morgan fingerprint density at radius 3 is 2.64 bits per heavy atom. The summed E-state index contributed by atoms with van der Waals surface area (Å²) in [6.45, 7) is 6.50. The van der Waals surface area contributed by atoms with E-state index in [1.54, 1.807) is 19.3 Å². The van der Waals surface area contributed by atoms with Crippen LogP contribution in [0.5, 0.6) is 0 Å². The Balaban J connectivity index is 0.000000317. The number of hydrogen-bond acceptors (Lipinski definition) is 10. The summed E-state index contributed by atoms with van der Waals surface area (Å²) in [5, 5.41) is 20.7. The van der Waals surface area contributed by atoms with Gasteiger partial charge in [0, 0.05) is 31.8 Å². The van der Waals surface area contributed by atoms with E-state index in [-0.39, 0.29) is 21.6 Å². The summed E-state index contributed by atoms with van der Waals surface area (Å²) in [5.41, 5.74) is 10.9. The van der Waals surface area contributed by atoms with Gasteiger partial charge in [0.1, 0.15) is 33.5 Å². The summed E-state index contributed by atoms with van der Waals surface area (Å²) in [6.07, 6.45) is 9.98. The predicted octanol–water partition coefficient (Wildman–Crippen LogP) is 4.68. The third kappa shape index (κ3) is 9.21. The van der Waals surface area contributed by atoms with Gasteiger partial charge >= 0.3 is 0 Å². The molecule has 0 aliphatic carbocycles. The van der Waals surface area contributed by atoms with Crippen molar-refractivity contribution in [2.75, 3.05) is 24.6 Å². The number of nitrogens with one attached hydrogen (secondary N) is 4. The van der Waals surface area contributed by atoms with Crippen LogP contribution >= 0.6 is 11.8 Å². The highest BCUT2D eigenvalue weighted by molar-refractivity contribution is 8.28. The molecule has 1 unspecified atom stereocenters. The first kappa shape index (κ1) is 33.9. The number of pyridine rings is 1. The Kier molecular flexibility index (Phi) is 12.6. The number of nitrogens with two attached hydrogens (primary N) is 1. The summed E-state index contributed by atoms with van der Waals surface area (Å²) in [5.74, 6) is 0.998. The molecular formula is C32H40N8O3S. The molecular weight excluding hydrogens is 576 g/mol. The van der Waals surface area contributed by atoms with Gasteiger partial charge in [0.25, 0.3) is 5.56 Å². The number of benzene rings is 1. The van der Waals surface area contributed by atoms with Crippen molar-refractivity contribution in [2.45, 2.75) is 58.9 Å². The number of unbranched alkanes of at least 4 members (excludes halogenated alkanes) is 1. The second-order valence-electron chi connectivity index (χ2n) is 10.4. The van der Waals surface area contributed by atoms with E-state index < -0.39 is 6.04 Å². The molecule has 12 heteroatoms. The number of fused-ring (bicyclic) bond motifs is 1. The molecule has 0 bridgehead atoms. The van der Waals surface area contributed by atoms with E-state index in [1.165, 1.54) is 10.8 Å². The number of amides is 1. The van der Waals surface area contributed by atoms with Crippen LogP contribution in [0.3, 0.4) is 0 Å². The molecule has 1 aliphatic heterocycles. The largest absolute Gasteiger partial charge is 0.384 e. The lowest BCUT2D eigenvalue weighted by Crippen LogP contribution is -2.37. The third-order valence-corrected chi connectivity index (χ3v) is 7.82. The van der Waals surface area contributed by atoms with E-state index in [2.05, 4.69) is 33.6 Å². The maximum atomic E-state index is 12.9. The molecule has 3 aromatic rings. The number of thioether (sulfide) groups is 1. The van der Waals surface area contributed by atoms with E-state index >= 15 is 0 Å². The molecule has 1 atom stereocenters. The fraction of sp³-hybridized carbons (Fsp3) is 0.344. The maximum absolute atomic E-state index is 12.9. The number of carbonyl (C=O) groups is 2. The molecule has 1 aromatic carbocycles. The number of nitrogen functional groups attached to an aromatic ring is 1. The van der Waals surface area contributed by atoms with E-state index in [0.29, 0.717) is 43.0 Å². The molecule has 0 fully saturated rings. The number of carbonyl (C=O) groups excluding carboxylic acids is 2. The van der Waals surface area contributed by atoms with Crippen LogP contribution in [0.2, 0.25) is 0 Å². The van der Waals surface area contributed by atoms with Gasteiger partial charge in [-0.05, 0) is 68.1 Å². The molecule has 0 radical (unpaired) electrons. The van der Waals surface area contributed by atoms with Crippen molar-refractivity contribution in [2.24, 2.45) is 0 Å². The molecule has 44 heavy (non-hydrogen) atoms. The van der Waals surface area contributed by atoms with Gasteiger partial charge in [0.15, 0.2) is 6.29 Å². The maximum Gasteiger partial charge on any atom is 0.277 e. The zero-order valence-corrected chi connectivity index (χ0v) is 26.4. The fourth-order valence-corrected chi connectivity index (χ4v) is 5.21. The van der Waals surface area contributed by atoms with Crippen molar-refractivity contribution >= 4 is 51.6 Å². The molecule has 1 amide bonds. The number of anilines is 2. The van der Waals surface area contributed by atoms with Gasteiger partial charge < -0.3 is 16.4 Å². The van der Waals surface area contributed by atoms with E-state index in [0.717, 1.165) is 58.9 Å². The van der Waals surface area contributed by atoms with Gasteiger partial charge in [-0.25, -0.2) is 9.97 Å². The summed E-state index contributed by atoms with van der Waals surface area (Å²) < 4.78 is 1.52. The smallest absolute Gasteiger partial charge is 0.277 e. The Morgan fingerprint density at radius 2 is 1.98 bits per heavy atom. The molecule has 0 saturated carbocycles. The predicted molar refractivity (Wildman–Crippen MR) is 179 cm³/mol. The van der Waals surface area contributed by atoms with Crippen molar-refractivity contribution in [1.29, 1.82) is 10.8 Å². The Hall–Kier alpha value is -4.58. The molecule has 2 aromatic heterocycles. The van der Waals surface area contributed by atoms with E-state index in [4.69, 9.17) is 16.6 Å². The highest BCUT2D eigenvalue weighted by Gasteiger charge is 2.30. The molecule has 11 nitrogen and oxygen atoms in total. The monoisotopic (exact) mass is 616 g/mol. The normalized spacial score (nSPS) is 13.7. The Morgan fingerprint density at radius 1 is 1.20 bits per heavy atom. The van der Waals surface area contributed by atoms with Crippen LogP contribution in [-0.2, 0) is 16.0 Å². The van der Waals surface area contributed by atoms with Crippen LogP contribution in [0, 0.1) is 24.7 Å². The SMILES string of the molecule is CCCC/C(=C\c1cnc(N)cc1C)CNC(=O)C1CCc2ncc(NC)c(=O)n21.Cc1cccc(C(=N)SC(=N)C=O)c1.